The van der Waals surface area contributed by atoms with Crippen molar-refractivity contribution in [3.05, 3.63) is 0 Å². The fraction of sp³-hybridized carbons (Fsp3) is 1.00. The van der Waals surface area contributed by atoms with Crippen LogP contribution in [0.25, 0.3) is 0 Å². The first-order valence-corrected chi connectivity index (χ1v) is 5.84. The number of nitrogens with one attached hydrogen (secondary N) is 1. The molecule has 1 saturated heterocycles. The molecule has 1 aliphatic heterocycles. The Morgan fingerprint density at radius 3 is 2.67 bits per heavy atom. The Labute approximate surface area is 92.6 Å². The molecule has 15 heavy (non-hydrogen) atoms. The quantitative estimate of drug-likeness (QED) is 0.659. The summed E-state index contributed by atoms with van der Waals surface area (Å²) in [7, 11) is 4.12. The topological polar surface area (TPSA) is 44.7 Å². The summed E-state index contributed by atoms with van der Waals surface area (Å²) in [6.45, 7) is 3.04. The molecule has 90 valence electrons. The van der Waals surface area contributed by atoms with Gasteiger partial charge >= 0.3 is 0 Å². The van der Waals surface area contributed by atoms with Gasteiger partial charge in [0.2, 0.25) is 0 Å². The Balaban J connectivity index is 2.28. The third kappa shape index (κ3) is 4.47. The van der Waals surface area contributed by atoms with Gasteiger partial charge in [-0.3, -0.25) is 0 Å². The molecule has 1 atom stereocenters. The van der Waals surface area contributed by atoms with E-state index in [2.05, 4.69) is 17.3 Å². The molecular formula is C11H24N2O2. The van der Waals surface area contributed by atoms with Gasteiger partial charge in [0.25, 0.3) is 0 Å². The van der Waals surface area contributed by atoms with Gasteiger partial charge in [0.15, 0.2) is 0 Å². The molecule has 1 aliphatic rings. The molecule has 4 heteroatoms. The van der Waals surface area contributed by atoms with E-state index in [1.807, 2.05) is 7.05 Å². The van der Waals surface area contributed by atoms with Crippen molar-refractivity contribution in [2.75, 3.05) is 40.5 Å². The number of hydrogen-bond acceptors (Lipinski definition) is 4. The van der Waals surface area contributed by atoms with Gasteiger partial charge in [0.05, 0.1) is 0 Å². The standard InChI is InChI=1S/C11H24N2O2/c1-12-10(3-6-14)9-13(2)11-4-7-15-8-5-11/h10-12,14H,3-9H2,1-2H3. The molecule has 0 aromatic carbocycles. The first kappa shape index (κ1) is 12.9. The molecule has 1 fully saturated rings. The molecule has 4 nitrogen and oxygen atoms in total. The summed E-state index contributed by atoms with van der Waals surface area (Å²) in [5.41, 5.74) is 0. The number of aliphatic hydroxyl groups is 1. The van der Waals surface area contributed by atoms with Gasteiger partial charge in [-0.1, -0.05) is 0 Å². The van der Waals surface area contributed by atoms with Gasteiger partial charge in [-0.15, -0.1) is 0 Å². The van der Waals surface area contributed by atoms with Crippen molar-refractivity contribution >= 4 is 0 Å². The summed E-state index contributed by atoms with van der Waals surface area (Å²) in [6.07, 6.45) is 3.09. The van der Waals surface area contributed by atoms with Crippen LogP contribution in [-0.4, -0.2) is 62.6 Å². The van der Waals surface area contributed by atoms with E-state index in [1.165, 1.54) is 0 Å². The van der Waals surface area contributed by atoms with Crippen molar-refractivity contribution in [2.24, 2.45) is 0 Å². The molecule has 1 unspecified atom stereocenters. The Morgan fingerprint density at radius 2 is 2.13 bits per heavy atom. The van der Waals surface area contributed by atoms with Gasteiger partial charge in [0, 0.05) is 38.4 Å². The maximum atomic E-state index is 8.91. The van der Waals surface area contributed by atoms with Crippen LogP contribution < -0.4 is 5.32 Å². The van der Waals surface area contributed by atoms with E-state index < -0.39 is 0 Å². The number of rotatable bonds is 6. The minimum absolute atomic E-state index is 0.257. The summed E-state index contributed by atoms with van der Waals surface area (Å²) in [6, 6.07) is 1.04. The van der Waals surface area contributed by atoms with Gasteiger partial charge in [0.1, 0.15) is 0 Å². The lowest BCUT2D eigenvalue weighted by atomic mass is 10.1. The molecule has 0 saturated carbocycles. The van der Waals surface area contributed by atoms with Crippen LogP contribution in [-0.2, 0) is 4.74 Å². The molecule has 0 bridgehead atoms. The predicted molar refractivity (Wildman–Crippen MR) is 61.0 cm³/mol. The molecule has 0 aromatic rings. The van der Waals surface area contributed by atoms with E-state index in [4.69, 9.17) is 9.84 Å². The monoisotopic (exact) mass is 216 g/mol. The highest BCUT2D eigenvalue weighted by Crippen LogP contribution is 2.13. The molecular weight excluding hydrogens is 192 g/mol. The van der Waals surface area contributed by atoms with Crippen molar-refractivity contribution in [3.8, 4) is 0 Å². The fourth-order valence-corrected chi connectivity index (χ4v) is 2.11. The van der Waals surface area contributed by atoms with Gasteiger partial charge in [-0.2, -0.15) is 0 Å². The van der Waals surface area contributed by atoms with Crippen LogP contribution in [0.15, 0.2) is 0 Å². The highest BCUT2D eigenvalue weighted by Gasteiger charge is 2.20. The second-order valence-electron chi connectivity index (χ2n) is 4.28. The van der Waals surface area contributed by atoms with Crippen LogP contribution in [0.4, 0.5) is 0 Å². The predicted octanol–water partition coefficient (Wildman–Crippen LogP) is 0.0676. The largest absolute Gasteiger partial charge is 0.396 e. The van der Waals surface area contributed by atoms with Crippen molar-refractivity contribution in [3.63, 3.8) is 0 Å². The van der Waals surface area contributed by atoms with E-state index >= 15 is 0 Å². The molecule has 0 spiro atoms. The highest BCUT2D eigenvalue weighted by molar-refractivity contribution is 4.76. The van der Waals surface area contributed by atoms with Crippen LogP contribution in [0, 0.1) is 0 Å². The summed E-state index contributed by atoms with van der Waals surface area (Å²) in [4.78, 5) is 2.39. The normalized spacial score (nSPS) is 20.8. The zero-order chi connectivity index (χ0) is 11.1. The Morgan fingerprint density at radius 1 is 1.47 bits per heavy atom. The molecule has 1 rings (SSSR count). The Kier molecular flexibility index (Phi) is 6.17. The van der Waals surface area contributed by atoms with Crippen molar-refractivity contribution in [1.82, 2.24) is 10.2 Å². The summed E-state index contributed by atoms with van der Waals surface area (Å²) >= 11 is 0. The highest BCUT2D eigenvalue weighted by atomic mass is 16.5. The maximum Gasteiger partial charge on any atom is 0.0480 e. The van der Waals surface area contributed by atoms with Crippen molar-refractivity contribution in [2.45, 2.75) is 31.3 Å². The third-order valence-corrected chi connectivity index (χ3v) is 3.21. The number of likely N-dealkylation sites (N-methyl/N-ethyl adjacent to an activating group) is 2. The Bertz CT molecular complexity index is 161. The van der Waals surface area contributed by atoms with Crippen molar-refractivity contribution in [1.29, 1.82) is 0 Å². The molecule has 1 heterocycles. The lowest BCUT2D eigenvalue weighted by Gasteiger charge is -2.33. The molecule has 0 amide bonds. The summed E-state index contributed by atoms with van der Waals surface area (Å²) < 4.78 is 5.35. The van der Waals surface area contributed by atoms with E-state index in [9.17, 15) is 0 Å². The molecule has 0 aromatic heterocycles. The van der Waals surface area contributed by atoms with Crippen LogP contribution >= 0.6 is 0 Å². The number of hydrogen-bond donors (Lipinski definition) is 2. The van der Waals surface area contributed by atoms with Crippen LogP contribution in [0.3, 0.4) is 0 Å². The van der Waals surface area contributed by atoms with Gasteiger partial charge in [-0.05, 0) is 33.4 Å². The summed E-state index contributed by atoms with van der Waals surface area (Å²) in [5, 5.41) is 12.2. The van der Waals surface area contributed by atoms with E-state index in [0.717, 1.165) is 39.0 Å². The molecule has 0 aliphatic carbocycles. The number of ether oxygens (including phenoxy) is 1. The van der Waals surface area contributed by atoms with Gasteiger partial charge in [-0.25, -0.2) is 0 Å². The van der Waals surface area contributed by atoms with E-state index in [1.54, 1.807) is 0 Å². The average Bonchev–Trinajstić information content (AvgIpc) is 2.29. The second-order valence-corrected chi connectivity index (χ2v) is 4.28. The zero-order valence-electron chi connectivity index (χ0n) is 9.91. The lowest BCUT2D eigenvalue weighted by Crippen LogP contribution is -2.44. The SMILES string of the molecule is CNC(CCO)CN(C)C1CCOCC1. The minimum atomic E-state index is 0.257. The minimum Gasteiger partial charge on any atom is -0.396 e. The van der Waals surface area contributed by atoms with E-state index in [-0.39, 0.29) is 6.61 Å². The van der Waals surface area contributed by atoms with Gasteiger partial charge < -0.3 is 20.1 Å². The smallest absolute Gasteiger partial charge is 0.0480 e. The van der Waals surface area contributed by atoms with E-state index in [0.29, 0.717) is 12.1 Å². The van der Waals surface area contributed by atoms with Crippen LogP contribution in [0.5, 0.6) is 0 Å². The second kappa shape index (κ2) is 7.17. The molecule has 2 N–H and O–H groups in total. The molecule has 0 radical (unpaired) electrons. The maximum absolute atomic E-state index is 8.91. The summed E-state index contributed by atoms with van der Waals surface area (Å²) in [5.74, 6) is 0. The lowest BCUT2D eigenvalue weighted by molar-refractivity contribution is 0.0395. The fourth-order valence-electron chi connectivity index (χ4n) is 2.11. The van der Waals surface area contributed by atoms with Crippen LogP contribution in [0.2, 0.25) is 0 Å². The third-order valence-electron chi connectivity index (χ3n) is 3.21. The van der Waals surface area contributed by atoms with Crippen LogP contribution in [0.1, 0.15) is 19.3 Å². The first-order chi connectivity index (χ1) is 7.27. The number of aliphatic hydroxyl groups excluding tert-OH is 1. The average molecular weight is 216 g/mol. The van der Waals surface area contributed by atoms with Crippen molar-refractivity contribution < 1.29 is 9.84 Å². The Hall–Kier alpha value is -0.160. The first-order valence-electron chi connectivity index (χ1n) is 5.84. The zero-order valence-corrected chi connectivity index (χ0v) is 9.91. The number of nitrogens with zero attached hydrogens (tertiary/aromatic N) is 1.